The molecule has 2 aromatic carbocycles. The average Bonchev–Trinajstić information content (AvgIpc) is 3.19. The van der Waals surface area contributed by atoms with E-state index in [-0.39, 0.29) is 17.3 Å². The Labute approximate surface area is 166 Å². The molecule has 2 heterocycles. The molecular formula is C20H18ClN3O2S. The predicted octanol–water partition coefficient (Wildman–Crippen LogP) is 4.31. The first-order valence-electron chi connectivity index (χ1n) is 8.71. The Balaban J connectivity index is 1.70. The summed E-state index contributed by atoms with van der Waals surface area (Å²) in [6.07, 6.45) is 1.25. The molecule has 27 heavy (non-hydrogen) atoms. The van der Waals surface area contributed by atoms with E-state index in [9.17, 15) is 4.79 Å². The van der Waals surface area contributed by atoms with E-state index >= 15 is 0 Å². The number of hydrogen-bond donors (Lipinski definition) is 0. The minimum absolute atomic E-state index is 0.0642. The fourth-order valence-corrected chi connectivity index (χ4v) is 4.37. The van der Waals surface area contributed by atoms with E-state index in [0.717, 1.165) is 17.1 Å². The first kappa shape index (κ1) is 18.1. The molecule has 5 nitrogen and oxygen atoms in total. The van der Waals surface area contributed by atoms with Gasteiger partial charge in [-0.15, -0.1) is 10.2 Å². The van der Waals surface area contributed by atoms with Gasteiger partial charge < -0.3 is 4.74 Å². The lowest BCUT2D eigenvalue weighted by Gasteiger charge is -2.12. The first-order valence-corrected chi connectivity index (χ1v) is 9.97. The maximum absolute atomic E-state index is 12.1. The van der Waals surface area contributed by atoms with Crippen LogP contribution in [0, 0.1) is 0 Å². The van der Waals surface area contributed by atoms with E-state index < -0.39 is 0 Å². The molecule has 0 unspecified atom stereocenters. The van der Waals surface area contributed by atoms with Crippen molar-refractivity contribution in [2.75, 3.05) is 0 Å². The van der Waals surface area contributed by atoms with Crippen molar-refractivity contribution in [1.82, 2.24) is 14.8 Å². The maximum atomic E-state index is 12.1. The molecule has 3 aromatic rings. The highest BCUT2D eigenvalue weighted by molar-refractivity contribution is 8.00. The third-order valence-corrected chi connectivity index (χ3v) is 5.76. The molecule has 1 aromatic heterocycles. The van der Waals surface area contributed by atoms with Gasteiger partial charge in [0.05, 0.1) is 0 Å². The van der Waals surface area contributed by atoms with E-state index in [4.69, 9.17) is 16.3 Å². The number of benzene rings is 2. The Morgan fingerprint density at radius 2 is 1.89 bits per heavy atom. The van der Waals surface area contributed by atoms with Crippen LogP contribution in [0.15, 0.2) is 59.8 Å². The van der Waals surface area contributed by atoms with Crippen LogP contribution in [0.4, 0.5) is 0 Å². The zero-order valence-corrected chi connectivity index (χ0v) is 16.3. The van der Waals surface area contributed by atoms with E-state index in [1.807, 2.05) is 54.0 Å². The zero-order valence-electron chi connectivity index (χ0n) is 14.7. The maximum Gasteiger partial charge on any atom is 0.319 e. The number of esters is 1. The van der Waals surface area contributed by atoms with Crippen LogP contribution in [0.25, 0.3) is 5.69 Å². The molecule has 1 aliphatic heterocycles. The van der Waals surface area contributed by atoms with Gasteiger partial charge in [0.25, 0.3) is 0 Å². The number of halogens is 1. The zero-order chi connectivity index (χ0) is 18.8. The minimum Gasteiger partial charge on any atom is -0.462 e. The van der Waals surface area contributed by atoms with Crippen LogP contribution >= 0.6 is 23.4 Å². The van der Waals surface area contributed by atoms with E-state index in [0.29, 0.717) is 23.0 Å². The van der Waals surface area contributed by atoms with Crippen LogP contribution in [-0.2, 0) is 16.0 Å². The van der Waals surface area contributed by atoms with Crippen molar-refractivity contribution in [2.24, 2.45) is 0 Å². The fraction of sp³-hybridized carbons (Fsp3) is 0.250. The van der Waals surface area contributed by atoms with Gasteiger partial charge >= 0.3 is 5.97 Å². The smallest absolute Gasteiger partial charge is 0.319 e. The predicted molar refractivity (Wildman–Crippen MR) is 105 cm³/mol. The largest absolute Gasteiger partial charge is 0.462 e. The monoisotopic (exact) mass is 399 g/mol. The molecule has 0 radical (unpaired) electrons. The third-order valence-electron chi connectivity index (χ3n) is 4.36. The quantitative estimate of drug-likeness (QED) is 0.598. The SMILES string of the molecule is C[C@H]1C[C@H](Sc2nnc(Cc3ccccc3)n2-c2ccc(Cl)cc2)C(=O)O1. The highest BCUT2D eigenvalue weighted by Gasteiger charge is 2.34. The van der Waals surface area contributed by atoms with Gasteiger partial charge in [-0.1, -0.05) is 53.7 Å². The van der Waals surface area contributed by atoms with Gasteiger partial charge in [0, 0.05) is 23.6 Å². The highest BCUT2D eigenvalue weighted by Crippen LogP contribution is 2.33. The van der Waals surface area contributed by atoms with Gasteiger partial charge in [0.1, 0.15) is 17.2 Å². The van der Waals surface area contributed by atoms with Crippen molar-refractivity contribution in [2.45, 2.75) is 36.3 Å². The van der Waals surface area contributed by atoms with Crippen molar-refractivity contribution in [1.29, 1.82) is 0 Å². The summed E-state index contributed by atoms with van der Waals surface area (Å²) in [6.45, 7) is 1.91. The Morgan fingerprint density at radius 3 is 2.56 bits per heavy atom. The van der Waals surface area contributed by atoms with Crippen molar-refractivity contribution < 1.29 is 9.53 Å². The Kier molecular flexibility index (Phi) is 5.18. The summed E-state index contributed by atoms with van der Waals surface area (Å²) in [4.78, 5) is 12.1. The number of aromatic nitrogens is 3. The topological polar surface area (TPSA) is 57.0 Å². The van der Waals surface area contributed by atoms with Gasteiger partial charge in [0.2, 0.25) is 0 Å². The lowest BCUT2D eigenvalue weighted by atomic mass is 10.1. The van der Waals surface area contributed by atoms with Crippen molar-refractivity contribution >= 4 is 29.3 Å². The van der Waals surface area contributed by atoms with Crippen LogP contribution in [-0.4, -0.2) is 32.1 Å². The molecule has 4 rings (SSSR count). The van der Waals surface area contributed by atoms with Gasteiger partial charge in [-0.05, 0) is 36.8 Å². The van der Waals surface area contributed by atoms with Crippen molar-refractivity contribution in [3.8, 4) is 5.69 Å². The lowest BCUT2D eigenvalue weighted by molar-refractivity contribution is -0.140. The molecule has 1 saturated heterocycles. The molecule has 1 aliphatic rings. The Bertz CT molecular complexity index is 944. The van der Waals surface area contributed by atoms with E-state index in [1.54, 1.807) is 0 Å². The third kappa shape index (κ3) is 4.01. The summed E-state index contributed by atoms with van der Waals surface area (Å²) in [5, 5.41) is 9.85. The molecule has 0 bridgehead atoms. The molecule has 1 fully saturated rings. The van der Waals surface area contributed by atoms with Crippen molar-refractivity contribution in [3.63, 3.8) is 0 Å². The van der Waals surface area contributed by atoms with Crippen LogP contribution in [0.3, 0.4) is 0 Å². The van der Waals surface area contributed by atoms with Gasteiger partial charge in [-0.3, -0.25) is 9.36 Å². The standard InChI is InChI=1S/C20H18ClN3O2S/c1-13-11-17(19(25)26-13)27-20-23-22-18(12-14-5-3-2-4-6-14)24(20)16-9-7-15(21)8-10-16/h2-10,13,17H,11-12H2,1H3/t13-,17-/m0/s1. The average molecular weight is 400 g/mol. The fourth-order valence-electron chi connectivity index (χ4n) is 3.06. The molecule has 138 valence electrons. The highest BCUT2D eigenvalue weighted by atomic mass is 35.5. The summed E-state index contributed by atoms with van der Waals surface area (Å²) in [5.74, 6) is 0.619. The van der Waals surface area contributed by atoms with Crippen LogP contribution < -0.4 is 0 Å². The van der Waals surface area contributed by atoms with Gasteiger partial charge in [-0.25, -0.2) is 0 Å². The number of hydrogen-bond acceptors (Lipinski definition) is 5. The molecule has 0 saturated carbocycles. The normalized spacial score (nSPS) is 19.3. The number of carbonyl (C=O) groups excluding carboxylic acids is 1. The van der Waals surface area contributed by atoms with Crippen LogP contribution in [0.1, 0.15) is 24.7 Å². The summed E-state index contributed by atoms with van der Waals surface area (Å²) < 4.78 is 7.27. The number of rotatable bonds is 5. The molecule has 2 atom stereocenters. The van der Waals surface area contributed by atoms with Crippen LogP contribution in [0.5, 0.6) is 0 Å². The number of nitrogens with zero attached hydrogens (tertiary/aromatic N) is 3. The molecule has 0 N–H and O–H groups in total. The summed E-state index contributed by atoms with van der Waals surface area (Å²) in [5.41, 5.74) is 2.06. The summed E-state index contributed by atoms with van der Waals surface area (Å²) >= 11 is 7.45. The molecule has 0 spiro atoms. The number of ether oxygens (including phenoxy) is 1. The number of carbonyl (C=O) groups is 1. The van der Waals surface area contributed by atoms with Crippen LogP contribution in [0.2, 0.25) is 5.02 Å². The van der Waals surface area contributed by atoms with E-state index in [1.165, 1.54) is 11.8 Å². The first-order chi connectivity index (χ1) is 13.1. The molecule has 0 aliphatic carbocycles. The van der Waals surface area contributed by atoms with Gasteiger partial charge in [-0.2, -0.15) is 0 Å². The lowest BCUT2D eigenvalue weighted by Crippen LogP contribution is -2.11. The second-order valence-electron chi connectivity index (χ2n) is 6.46. The summed E-state index contributed by atoms with van der Waals surface area (Å²) in [7, 11) is 0. The van der Waals surface area contributed by atoms with E-state index in [2.05, 4.69) is 22.3 Å². The molecule has 0 amide bonds. The number of cyclic esters (lactones) is 1. The molecule has 7 heteroatoms. The number of thioether (sulfide) groups is 1. The Morgan fingerprint density at radius 1 is 1.15 bits per heavy atom. The van der Waals surface area contributed by atoms with Gasteiger partial charge in [0.15, 0.2) is 5.16 Å². The minimum atomic E-state index is -0.264. The Hall–Kier alpha value is -2.31. The summed E-state index contributed by atoms with van der Waals surface area (Å²) in [6, 6.07) is 17.6. The second-order valence-corrected chi connectivity index (χ2v) is 8.07. The molecular weight excluding hydrogens is 382 g/mol. The van der Waals surface area contributed by atoms with Crippen molar-refractivity contribution in [3.05, 3.63) is 71.0 Å². The second kappa shape index (κ2) is 7.74.